The number of rotatable bonds is 4. The number of nitrogens with zero attached hydrogens (tertiary/aromatic N) is 2. The second-order valence-electron chi connectivity index (χ2n) is 6.49. The highest BCUT2D eigenvalue weighted by Crippen LogP contribution is 2.37. The summed E-state index contributed by atoms with van der Waals surface area (Å²) < 4.78 is 37.4. The van der Waals surface area contributed by atoms with Crippen LogP contribution in [0.15, 0.2) is 29.2 Å². The van der Waals surface area contributed by atoms with Crippen molar-refractivity contribution in [3.05, 3.63) is 24.3 Å². The molecule has 0 aliphatic carbocycles. The lowest BCUT2D eigenvalue weighted by atomic mass is 9.92. The van der Waals surface area contributed by atoms with Crippen molar-refractivity contribution >= 4 is 23.5 Å². The number of β-amino-alcohol motifs (C(OH)–C–C–N with tert-alkyl or cyclic N) is 1. The highest BCUT2D eigenvalue weighted by molar-refractivity contribution is 8.00. The number of hydrogen-bond acceptors (Lipinski definition) is 4. The molecule has 9 heteroatoms. The number of halogens is 3. The first kappa shape index (κ1) is 19.9. The molecule has 1 heterocycles. The average molecular weight is 377 g/mol. The number of aliphatic hydroxyl groups is 1. The van der Waals surface area contributed by atoms with Gasteiger partial charge in [-0.25, -0.2) is 4.79 Å². The monoisotopic (exact) mass is 377 g/mol. The summed E-state index contributed by atoms with van der Waals surface area (Å²) in [6.45, 7) is 1.13. The van der Waals surface area contributed by atoms with E-state index in [4.69, 9.17) is 0 Å². The van der Waals surface area contributed by atoms with E-state index in [0.717, 1.165) is 0 Å². The number of carbonyl (C=O) groups is 1. The smallest absolute Gasteiger partial charge is 0.387 e. The van der Waals surface area contributed by atoms with Gasteiger partial charge in [-0.2, -0.15) is 13.2 Å². The van der Waals surface area contributed by atoms with E-state index in [1.807, 2.05) is 19.0 Å². The molecule has 0 unspecified atom stereocenters. The summed E-state index contributed by atoms with van der Waals surface area (Å²) in [5, 5.41) is 13.2. The first-order valence-electron chi connectivity index (χ1n) is 7.85. The lowest BCUT2D eigenvalue weighted by Crippen LogP contribution is -2.55. The number of amides is 2. The van der Waals surface area contributed by atoms with Gasteiger partial charge in [0.15, 0.2) is 0 Å². The lowest BCUT2D eigenvalue weighted by molar-refractivity contribution is -0.0336. The molecular weight excluding hydrogens is 355 g/mol. The third-order valence-electron chi connectivity index (χ3n) is 3.77. The van der Waals surface area contributed by atoms with Crippen molar-refractivity contribution in [2.24, 2.45) is 0 Å². The maximum absolute atomic E-state index is 12.5. The van der Waals surface area contributed by atoms with Crippen molar-refractivity contribution in [3.8, 4) is 0 Å². The number of alkyl halides is 3. The first-order valence-corrected chi connectivity index (χ1v) is 8.67. The van der Waals surface area contributed by atoms with Gasteiger partial charge in [-0.3, -0.25) is 0 Å². The number of thioether (sulfide) groups is 1. The average Bonchev–Trinajstić information content (AvgIpc) is 2.44. The maximum atomic E-state index is 12.5. The Morgan fingerprint density at radius 1 is 1.44 bits per heavy atom. The van der Waals surface area contributed by atoms with Gasteiger partial charge < -0.3 is 20.2 Å². The van der Waals surface area contributed by atoms with Gasteiger partial charge in [0.1, 0.15) is 0 Å². The quantitative estimate of drug-likeness (QED) is 0.791. The zero-order chi connectivity index (χ0) is 18.7. The minimum atomic E-state index is -4.38. The fourth-order valence-corrected chi connectivity index (χ4v) is 3.58. The third-order valence-corrected chi connectivity index (χ3v) is 4.49. The number of carbonyl (C=O) groups excluding carboxylic acids is 1. The Morgan fingerprint density at radius 2 is 2.16 bits per heavy atom. The highest BCUT2D eigenvalue weighted by Gasteiger charge is 2.35. The molecule has 1 fully saturated rings. The van der Waals surface area contributed by atoms with Gasteiger partial charge in [0.25, 0.3) is 0 Å². The standard InChI is InChI=1S/C16H22F3N3O2S/c1-21(2)10-15(24)7-4-8-22(11-15)14(23)20-12-5-3-6-13(9-12)25-16(17,18)19/h3,5-6,9,24H,4,7-8,10-11H2,1-2H3,(H,20,23)/t15-/m0/s1. The zero-order valence-corrected chi connectivity index (χ0v) is 15.0. The lowest BCUT2D eigenvalue weighted by Gasteiger charge is -2.40. The zero-order valence-electron chi connectivity index (χ0n) is 14.1. The number of nitrogens with one attached hydrogen (secondary N) is 1. The molecule has 0 saturated carbocycles. The van der Waals surface area contributed by atoms with Gasteiger partial charge in [0.2, 0.25) is 0 Å². The molecule has 1 atom stereocenters. The molecule has 0 aromatic heterocycles. The molecule has 0 bridgehead atoms. The molecule has 1 aliphatic rings. The predicted molar refractivity (Wildman–Crippen MR) is 91.7 cm³/mol. The van der Waals surface area contributed by atoms with Crippen LogP contribution >= 0.6 is 11.8 Å². The van der Waals surface area contributed by atoms with E-state index in [1.54, 1.807) is 0 Å². The summed E-state index contributed by atoms with van der Waals surface area (Å²) in [5.74, 6) is 0. The van der Waals surface area contributed by atoms with Crippen molar-refractivity contribution in [2.75, 3.05) is 39.0 Å². The van der Waals surface area contributed by atoms with E-state index in [0.29, 0.717) is 31.6 Å². The van der Waals surface area contributed by atoms with Crippen LogP contribution in [0, 0.1) is 0 Å². The second-order valence-corrected chi connectivity index (χ2v) is 7.63. The van der Waals surface area contributed by atoms with Gasteiger partial charge in [-0.15, -0.1) is 0 Å². The molecule has 0 radical (unpaired) electrons. The molecule has 0 spiro atoms. The van der Waals surface area contributed by atoms with E-state index in [9.17, 15) is 23.1 Å². The van der Waals surface area contributed by atoms with Crippen LogP contribution in [0.5, 0.6) is 0 Å². The van der Waals surface area contributed by atoms with Gasteiger partial charge in [0.05, 0.1) is 12.1 Å². The van der Waals surface area contributed by atoms with E-state index in [2.05, 4.69) is 5.32 Å². The highest BCUT2D eigenvalue weighted by atomic mass is 32.2. The number of piperidine rings is 1. The molecule has 2 rings (SSSR count). The Bertz CT molecular complexity index is 613. The number of benzene rings is 1. The summed E-state index contributed by atoms with van der Waals surface area (Å²) in [6, 6.07) is 5.19. The number of urea groups is 1. The van der Waals surface area contributed by atoms with Crippen LogP contribution in [-0.2, 0) is 0 Å². The fourth-order valence-electron chi connectivity index (χ4n) is 2.98. The predicted octanol–water partition coefficient (Wildman–Crippen LogP) is 3.22. The Hall–Kier alpha value is -1.45. The number of likely N-dealkylation sites (N-methyl/N-ethyl adjacent to an activating group) is 1. The van der Waals surface area contributed by atoms with Crippen LogP contribution in [0.2, 0.25) is 0 Å². The molecule has 25 heavy (non-hydrogen) atoms. The van der Waals surface area contributed by atoms with Crippen molar-refractivity contribution in [3.63, 3.8) is 0 Å². The SMILES string of the molecule is CN(C)C[C@@]1(O)CCCN(C(=O)Nc2cccc(SC(F)(F)F)c2)C1. The summed E-state index contributed by atoms with van der Waals surface area (Å²) in [5.41, 5.74) is -5.06. The second kappa shape index (κ2) is 7.84. The van der Waals surface area contributed by atoms with Gasteiger partial charge in [-0.1, -0.05) is 6.07 Å². The Kier molecular flexibility index (Phi) is 6.23. The van der Waals surface area contributed by atoms with Gasteiger partial charge in [0, 0.05) is 23.7 Å². The van der Waals surface area contributed by atoms with Crippen molar-refractivity contribution in [2.45, 2.75) is 28.8 Å². The molecule has 1 aliphatic heterocycles. The largest absolute Gasteiger partial charge is 0.446 e. The summed E-state index contributed by atoms with van der Waals surface area (Å²) in [6.07, 6.45) is 1.27. The molecule has 1 saturated heterocycles. The minimum absolute atomic E-state index is 0.00746. The van der Waals surface area contributed by atoms with Crippen LogP contribution in [-0.4, -0.2) is 65.8 Å². The van der Waals surface area contributed by atoms with E-state index < -0.39 is 17.1 Å². The van der Waals surface area contributed by atoms with Crippen molar-refractivity contribution in [1.82, 2.24) is 9.80 Å². The van der Waals surface area contributed by atoms with Crippen LogP contribution in [0.4, 0.5) is 23.7 Å². The first-order chi connectivity index (χ1) is 11.6. The number of anilines is 1. The molecule has 2 N–H and O–H groups in total. The number of likely N-dealkylation sites (tertiary alicyclic amines) is 1. The van der Waals surface area contributed by atoms with E-state index >= 15 is 0 Å². The van der Waals surface area contributed by atoms with Crippen LogP contribution in [0.25, 0.3) is 0 Å². The molecule has 140 valence electrons. The molecule has 5 nitrogen and oxygen atoms in total. The van der Waals surface area contributed by atoms with Gasteiger partial charge in [-0.05, 0) is 56.9 Å². The summed E-state index contributed by atoms with van der Waals surface area (Å²) in [4.78, 5) is 15.8. The Balaban J connectivity index is 2.01. The number of hydrogen-bond donors (Lipinski definition) is 2. The topological polar surface area (TPSA) is 55.8 Å². The molecule has 1 aromatic carbocycles. The van der Waals surface area contributed by atoms with E-state index in [-0.39, 0.29) is 23.2 Å². The van der Waals surface area contributed by atoms with Crippen LogP contribution in [0.1, 0.15) is 12.8 Å². The van der Waals surface area contributed by atoms with Crippen LogP contribution < -0.4 is 5.32 Å². The fraction of sp³-hybridized carbons (Fsp3) is 0.562. The minimum Gasteiger partial charge on any atom is -0.387 e. The van der Waals surface area contributed by atoms with Crippen molar-refractivity contribution in [1.29, 1.82) is 0 Å². The molecule has 1 aromatic rings. The van der Waals surface area contributed by atoms with Crippen molar-refractivity contribution < 1.29 is 23.1 Å². The molecule has 2 amide bonds. The summed E-state index contributed by atoms with van der Waals surface area (Å²) >= 11 is -0.226. The van der Waals surface area contributed by atoms with Crippen LogP contribution in [0.3, 0.4) is 0 Å². The van der Waals surface area contributed by atoms with E-state index in [1.165, 1.54) is 29.2 Å². The Morgan fingerprint density at radius 3 is 2.80 bits per heavy atom. The Labute approximate surface area is 149 Å². The maximum Gasteiger partial charge on any atom is 0.446 e. The third kappa shape index (κ3) is 6.41. The van der Waals surface area contributed by atoms with Gasteiger partial charge >= 0.3 is 11.5 Å². The summed E-state index contributed by atoms with van der Waals surface area (Å²) in [7, 11) is 3.70. The normalized spacial score (nSPS) is 21.5. The molecular formula is C16H22F3N3O2S.